The van der Waals surface area contributed by atoms with E-state index in [2.05, 4.69) is 4.74 Å². The molecule has 6 nitrogen and oxygen atoms in total. The van der Waals surface area contributed by atoms with Crippen molar-refractivity contribution in [2.45, 2.75) is 40.2 Å². The average Bonchev–Trinajstić information content (AvgIpc) is 2.37. The van der Waals surface area contributed by atoms with E-state index in [4.69, 9.17) is 4.74 Å². The monoisotopic (exact) mass is 286 g/mol. The molecule has 0 aromatic carbocycles. The lowest BCUT2D eigenvalue weighted by atomic mass is 9.85. The van der Waals surface area contributed by atoms with Crippen LogP contribution in [0.2, 0.25) is 0 Å². The molecule has 0 rings (SSSR count). The number of allylic oxidation sites excluding steroid dienone is 1. The highest BCUT2D eigenvalue weighted by Gasteiger charge is 2.29. The first-order chi connectivity index (χ1) is 9.24. The summed E-state index contributed by atoms with van der Waals surface area (Å²) in [6.07, 6.45) is 0.709. The van der Waals surface area contributed by atoms with Crippen molar-refractivity contribution in [3.05, 3.63) is 12.2 Å². The van der Waals surface area contributed by atoms with Crippen molar-refractivity contribution in [1.29, 1.82) is 0 Å². The second-order valence-electron chi connectivity index (χ2n) is 4.70. The minimum Gasteiger partial charge on any atom is -0.464 e. The standard InChI is InChI=1S/C14H22O6/c1-5-19-12(17)7-8-14(3,4)11(16)9-10(15)13(18)20-6-2/h7-8,10,15H,5-6,9H2,1-4H3/b8-7+/t10-/m0/s1. The second-order valence-corrected chi connectivity index (χ2v) is 4.70. The lowest BCUT2D eigenvalue weighted by Crippen LogP contribution is -2.31. The first-order valence-corrected chi connectivity index (χ1v) is 6.48. The first-order valence-electron chi connectivity index (χ1n) is 6.48. The highest BCUT2D eigenvalue weighted by atomic mass is 16.5. The Labute approximate surface area is 118 Å². The van der Waals surface area contributed by atoms with Crippen molar-refractivity contribution in [2.24, 2.45) is 5.41 Å². The zero-order valence-electron chi connectivity index (χ0n) is 12.3. The molecule has 0 aliphatic heterocycles. The minimum absolute atomic E-state index is 0.135. The maximum atomic E-state index is 12.0. The molecule has 1 atom stereocenters. The maximum Gasteiger partial charge on any atom is 0.335 e. The van der Waals surface area contributed by atoms with Crippen LogP contribution in [0.1, 0.15) is 34.1 Å². The van der Waals surface area contributed by atoms with Crippen molar-refractivity contribution >= 4 is 17.7 Å². The molecule has 0 heterocycles. The van der Waals surface area contributed by atoms with Crippen molar-refractivity contribution in [2.75, 3.05) is 13.2 Å². The smallest absolute Gasteiger partial charge is 0.335 e. The van der Waals surface area contributed by atoms with Crippen LogP contribution < -0.4 is 0 Å². The Balaban J connectivity index is 4.58. The number of ether oxygens (including phenoxy) is 2. The number of aliphatic hydroxyl groups is 1. The van der Waals surface area contributed by atoms with Crippen LogP contribution in [0.5, 0.6) is 0 Å². The van der Waals surface area contributed by atoms with Gasteiger partial charge < -0.3 is 14.6 Å². The summed E-state index contributed by atoms with van der Waals surface area (Å²) in [7, 11) is 0. The molecule has 0 aliphatic rings. The van der Waals surface area contributed by atoms with Crippen LogP contribution >= 0.6 is 0 Å². The number of carbonyl (C=O) groups is 3. The summed E-state index contributed by atoms with van der Waals surface area (Å²) in [6.45, 7) is 6.84. The van der Waals surface area contributed by atoms with Gasteiger partial charge in [0, 0.05) is 17.9 Å². The molecule has 0 spiro atoms. The zero-order valence-corrected chi connectivity index (χ0v) is 12.3. The van der Waals surface area contributed by atoms with E-state index in [0.717, 1.165) is 6.08 Å². The number of aliphatic hydroxyl groups excluding tert-OH is 1. The molecule has 0 fully saturated rings. The largest absolute Gasteiger partial charge is 0.464 e. The SMILES string of the molecule is CCOC(=O)/C=C/C(C)(C)C(=O)C[C@H](O)C(=O)OCC. The fourth-order valence-corrected chi connectivity index (χ4v) is 1.32. The highest BCUT2D eigenvalue weighted by Crippen LogP contribution is 2.21. The Kier molecular flexibility index (Phi) is 7.76. The van der Waals surface area contributed by atoms with Gasteiger partial charge >= 0.3 is 11.9 Å². The molecule has 0 bridgehead atoms. The van der Waals surface area contributed by atoms with E-state index in [1.54, 1.807) is 27.7 Å². The molecule has 114 valence electrons. The minimum atomic E-state index is -1.49. The first kappa shape index (κ1) is 18.3. The summed E-state index contributed by atoms with van der Waals surface area (Å²) in [5.41, 5.74) is -0.986. The molecule has 0 saturated heterocycles. The highest BCUT2D eigenvalue weighted by molar-refractivity contribution is 5.91. The lowest BCUT2D eigenvalue weighted by molar-refractivity contribution is -0.155. The van der Waals surface area contributed by atoms with Crippen LogP contribution in [-0.4, -0.2) is 42.1 Å². The van der Waals surface area contributed by atoms with E-state index in [-0.39, 0.29) is 25.4 Å². The van der Waals surface area contributed by atoms with Gasteiger partial charge in [0.2, 0.25) is 0 Å². The third kappa shape index (κ3) is 6.47. The van der Waals surface area contributed by atoms with Gasteiger partial charge in [-0.2, -0.15) is 0 Å². The molecule has 0 aromatic heterocycles. The fraction of sp³-hybridized carbons (Fsp3) is 0.643. The Hall–Kier alpha value is -1.69. The summed E-state index contributed by atoms with van der Waals surface area (Å²) in [4.78, 5) is 34.4. The summed E-state index contributed by atoms with van der Waals surface area (Å²) in [6, 6.07) is 0. The molecule has 0 aromatic rings. The van der Waals surface area contributed by atoms with Gasteiger partial charge in [0.05, 0.1) is 13.2 Å². The number of ketones is 1. The molecule has 0 aliphatic carbocycles. The number of Topliss-reactive ketones (excluding diaryl/α,β-unsaturated/α-hetero) is 1. The van der Waals surface area contributed by atoms with Gasteiger partial charge in [0.1, 0.15) is 5.78 Å². The Morgan fingerprint density at radius 3 is 2.20 bits per heavy atom. The predicted octanol–water partition coefficient (Wildman–Crippen LogP) is 1.02. The molecular weight excluding hydrogens is 264 g/mol. The van der Waals surface area contributed by atoms with E-state index in [9.17, 15) is 19.5 Å². The van der Waals surface area contributed by atoms with Crippen molar-refractivity contribution in [1.82, 2.24) is 0 Å². The molecule has 6 heteroatoms. The molecular formula is C14H22O6. The summed E-state index contributed by atoms with van der Waals surface area (Å²) < 4.78 is 9.32. The van der Waals surface area contributed by atoms with Gasteiger partial charge in [-0.3, -0.25) is 4.79 Å². The van der Waals surface area contributed by atoms with E-state index in [1.807, 2.05) is 0 Å². The van der Waals surface area contributed by atoms with Crippen LogP contribution in [0.3, 0.4) is 0 Å². The number of hydrogen-bond donors (Lipinski definition) is 1. The number of carbonyl (C=O) groups excluding carboxylic acids is 3. The van der Waals surface area contributed by atoms with Crippen molar-refractivity contribution in [3.63, 3.8) is 0 Å². The van der Waals surface area contributed by atoms with Gasteiger partial charge in [-0.05, 0) is 27.7 Å². The zero-order chi connectivity index (χ0) is 15.8. The van der Waals surface area contributed by atoms with Gasteiger partial charge in [0.25, 0.3) is 0 Å². The topological polar surface area (TPSA) is 89.9 Å². The summed E-state index contributed by atoms with van der Waals surface area (Å²) in [5, 5.41) is 9.53. The van der Waals surface area contributed by atoms with E-state index in [0.29, 0.717) is 0 Å². The predicted molar refractivity (Wildman–Crippen MR) is 71.8 cm³/mol. The van der Waals surface area contributed by atoms with Gasteiger partial charge in [0.15, 0.2) is 6.10 Å². The summed E-state index contributed by atoms with van der Waals surface area (Å²) >= 11 is 0. The maximum absolute atomic E-state index is 12.0. The Morgan fingerprint density at radius 2 is 1.70 bits per heavy atom. The van der Waals surface area contributed by atoms with Crippen LogP contribution in [0, 0.1) is 5.41 Å². The number of rotatable bonds is 8. The second kappa shape index (κ2) is 8.47. The summed E-state index contributed by atoms with van der Waals surface area (Å²) in [5.74, 6) is -1.75. The molecule has 0 unspecified atom stereocenters. The van der Waals surface area contributed by atoms with E-state index < -0.39 is 23.5 Å². The van der Waals surface area contributed by atoms with E-state index in [1.165, 1.54) is 6.08 Å². The molecule has 1 N–H and O–H groups in total. The van der Waals surface area contributed by atoms with Crippen LogP contribution in [-0.2, 0) is 23.9 Å². The van der Waals surface area contributed by atoms with E-state index >= 15 is 0 Å². The molecule has 0 saturated carbocycles. The third-order valence-corrected chi connectivity index (χ3v) is 2.58. The van der Waals surface area contributed by atoms with Crippen LogP contribution in [0.4, 0.5) is 0 Å². The van der Waals surface area contributed by atoms with Crippen LogP contribution in [0.15, 0.2) is 12.2 Å². The normalized spacial score (nSPS) is 13.1. The molecule has 0 radical (unpaired) electrons. The van der Waals surface area contributed by atoms with Crippen molar-refractivity contribution in [3.8, 4) is 0 Å². The lowest BCUT2D eigenvalue weighted by Gasteiger charge is -2.20. The Morgan fingerprint density at radius 1 is 1.15 bits per heavy atom. The van der Waals surface area contributed by atoms with Gasteiger partial charge in [-0.15, -0.1) is 0 Å². The van der Waals surface area contributed by atoms with Crippen molar-refractivity contribution < 1.29 is 29.0 Å². The fourth-order valence-electron chi connectivity index (χ4n) is 1.32. The number of esters is 2. The Bertz CT molecular complexity index is 383. The number of hydrogen-bond acceptors (Lipinski definition) is 6. The third-order valence-electron chi connectivity index (χ3n) is 2.58. The van der Waals surface area contributed by atoms with Gasteiger partial charge in [-0.1, -0.05) is 6.08 Å². The average molecular weight is 286 g/mol. The quantitative estimate of drug-likeness (QED) is 0.529. The molecule has 0 amide bonds. The van der Waals surface area contributed by atoms with Crippen LogP contribution in [0.25, 0.3) is 0 Å². The molecule has 20 heavy (non-hydrogen) atoms. The van der Waals surface area contributed by atoms with Gasteiger partial charge in [-0.25, -0.2) is 9.59 Å².